The minimum Gasteiger partial charge on any atom is -0.495 e. The Kier molecular flexibility index (Phi) is 3.94. The van der Waals surface area contributed by atoms with Crippen molar-refractivity contribution in [2.45, 2.75) is 0 Å². The molecule has 0 aliphatic rings. The second-order valence-electron chi connectivity index (χ2n) is 4.05. The molecule has 1 amide bonds. The maximum atomic E-state index is 12.2. The van der Waals surface area contributed by atoms with Crippen LogP contribution >= 0.6 is 22.7 Å². The van der Waals surface area contributed by atoms with E-state index >= 15 is 0 Å². The number of thiazole rings is 1. The molecular weight excluding hydrogens is 306 g/mol. The number of nitrogens with zero attached hydrogens (tertiary/aromatic N) is 2. The molecule has 3 rings (SSSR count). The van der Waals surface area contributed by atoms with Crippen LogP contribution in [0.15, 0.2) is 41.4 Å². The molecule has 0 spiro atoms. The van der Waals surface area contributed by atoms with Gasteiger partial charge in [-0.25, -0.2) is 4.98 Å². The zero-order chi connectivity index (χ0) is 14.7. The average molecular weight is 317 g/mol. The van der Waals surface area contributed by atoms with E-state index in [9.17, 15) is 4.79 Å². The number of thiophene rings is 1. The first kappa shape index (κ1) is 13.7. The highest BCUT2D eigenvalue weighted by molar-refractivity contribution is 7.15. The average Bonchev–Trinajstić information content (AvgIpc) is 3.16. The van der Waals surface area contributed by atoms with Gasteiger partial charge >= 0.3 is 0 Å². The van der Waals surface area contributed by atoms with E-state index in [2.05, 4.69) is 15.3 Å². The number of carbonyl (C=O) groups is 1. The van der Waals surface area contributed by atoms with Crippen LogP contribution in [0.1, 0.15) is 9.67 Å². The highest BCUT2D eigenvalue weighted by Crippen LogP contribution is 2.28. The predicted molar refractivity (Wildman–Crippen MR) is 84.2 cm³/mol. The van der Waals surface area contributed by atoms with Crippen LogP contribution in [0.4, 0.5) is 5.13 Å². The van der Waals surface area contributed by atoms with Crippen molar-refractivity contribution in [2.24, 2.45) is 0 Å². The van der Waals surface area contributed by atoms with Crippen LogP contribution < -0.4 is 10.1 Å². The lowest BCUT2D eigenvalue weighted by Crippen LogP contribution is -2.10. The molecule has 106 valence electrons. The standard InChI is InChI=1S/C14H11N3O2S2/c1-19-11-4-7-20-12(11)13(18)17-14-16-10(8-21-14)9-2-5-15-6-3-9/h2-8H,1H3,(H,16,17,18). The first-order valence-electron chi connectivity index (χ1n) is 6.06. The number of pyridine rings is 1. The summed E-state index contributed by atoms with van der Waals surface area (Å²) in [7, 11) is 1.55. The number of anilines is 1. The van der Waals surface area contributed by atoms with Gasteiger partial charge in [0.2, 0.25) is 0 Å². The molecule has 3 heterocycles. The van der Waals surface area contributed by atoms with E-state index in [0.717, 1.165) is 11.3 Å². The number of nitrogens with one attached hydrogen (secondary N) is 1. The number of hydrogen-bond acceptors (Lipinski definition) is 6. The lowest BCUT2D eigenvalue weighted by atomic mass is 10.2. The Bertz CT molecular complexity index is 752. The molecular formula is C14H11N3O2S2. The van der Waals surface area contributed by atoms with Gasteiger partial charge in [-0.2, -0.15) is 0 Å². The summed E-state index contributed by atoms with van der Waals surface area (Å²) in [6.07, 6.45) is 3.42. The van der Waals surface area contributed by atoms with Crippen molar-refractivity contribution in [3.05, 3.63) is 46.2 Å². The molecule has 0 radical (unpaired) electrons. The fraction of sp³-hybridized carbons (Fsp3) is 0.0714. The van der Waals surface area contributed by atoms with Gasteiger partial charge in [-0.15, -0.1) is 22.7 Å². The Labute approximate surface area is 129 Å². The third kappa shape index (κ3) is 2.93. The Morgan fingerprint density at radius 1 is 1.24 bits per heavy atom. The molecule has 0 fully saturated rings. The number of methoxy groups -OCH3 is 1. The molecule has 1 N–H and O–H groups in total. The largest absolute Gasteiger partial charge is 0.495 e. The summed E-state index contributed by atoms with van der Waals surface area (Å²) in [4.78, 5) is 21.1. The highest BCUT2D eigenvalue weighted by atomic mass is 32.1. The molecule has 3 aromatic heterocycles. The van der Waals surface area contributed by atoms with Crippen molar-refractivity contribution in [1.82, 2.24) is 9.97 Å². The van der Waals surface area contributed by atoms with E-state index < -0.39 is 0 Å². The Morgan fingerprint density at radius 3 is 2.81 bits per heavy atom. The number of ether oxygens (including phenoxy) is 1. The summed E-state index contributed by atoms with van der Waals surface area (Å²) in [5.41, 5.74) is 1.78. The fourth-order valence-corrected chi connectivity index (χ4v) is 3.23. The van der Waals surface area contributed by atoms with Crippen LogP contribution in [-0.2, 0) is 0 Å². The van der Waals surface area contributed by atoms with Crippen LogP contribution in [0.25, 0.3) is 11.3 Å². The van der Waals surface area contributed by atoms with Crippen molar-refractivity contribution in [2.75, 3.05) is 12.4 Å². The molecule has 0 aliphatic carbocycles. The van der Waals surface area contributed by atoms with E-state index in [0.29, 0.717) is 15.8 Å². The van der Waals surface area contributed by atoms with Crippen LogP contribution in [0.2, 0.25) is 0 Å². The molecule has 21 heavy (non-hydrogen) atoms. The van der Waals surface area contributed by atoms with Crippen LogP contribution in [0.3, 0.4) is 0 Å². The van der Waals surface area contributed by atoms with E-state index in [1.807, 2.05) is 22.9 Å². The molecule has 0 saturated carbocycles. The van der Waals surface area contributed by atoms with Crippen LogP contribution in [0, 0.1) is 0 Å². The minimum absolute atomic E-state index is 0.211. The molecule has 0 atom stereocenters. The van der Waals surface area contributed by atoms with Crippen LogP contribution in [-0.4, -0.2) is 23.0 Å². The van der Waals surface area contributed by atoms with E-state index in [1.165, 1.54) is 22.7 Å². The number of amides is 1. The number of aromatic nitrogens is 2. The minimum atomic E-state index is -0.211. The summed E-state index contributed by atoms with van der Waals surface area (Å²) in [6.45, 7) is 0. The summed E-state index contributed by atoms with van der Waals surface area (Å²) in [5, 5.41) is 7.07. The maximum Gasteiger partial charge on any atom is 0.271 e. The lowest BCUT2D eigenvalue weighted by Gasteiger charge is -2.02. The molecule has 7 heteroatoms. The van der Waals surface area contributed by atoms with Crippen LogP contribution in [0.5, 0.6) is 5.75 Å². The molecule has 0 saturated heterocycles. The summed E-state index contributed by atoms with van der Waals surface area (Å²) in [5.74, 6) is 0.362. The first-order valence-corrected chi connectivity index (χ1v) is 7.82. The van der Waals surface area contributed by atoms with Crippen molar-refractivity contribution >= 4 is 33.7 Å². The second kappa shape index (κ2) is 6.02. The number of carbonyl (C=O) groups excluding carboxylic acids is 1. The molecule has 3 aromatic rings. The maximum absolute atomic E-state index is 12.2. The van der Waals surface area contributed by atoms with Gasteiger partial charge in [0, 0.05) is 23.3 Å². The zero-order valence-electron chi connectivity index (χ0n) is 11.1. The van der Waals surface area contributed by atoms with Crippen molar-refractivity contribution in [3.8, 4) is 17.0 Å². The smallest absolute Gasteiger partial charge is 0.271 e. The summed E-state index contributed by atoms with van der Waals surface area (Å²) >= 11 is 2.72. The quantitative estimate of drug-likeness (QED) is 0.799. The molecule has 0 bridgehead atoms. The zero-order valence-corrected chi connectivity index (χ0v) is 12.7. The van der Waals surface area contributed by atoms with Gasteiger partial charge in [0.05, 0.1) is 12.8 Å². The van der Waals surface area contributed by atoms with Gasteiger partial charge in [-0.1, -0.05) is 0 Å². The third-order valence-electron chi connectivity index (χ3n) is 2.76. The van der Waals surface area contributed by atoms with Gasteiger partial charge in [-0.3, -0.25) is 15.1 Å². The summed E-state index contributed by atoms with van der Waals surface area (Å²) in [6, 6.07) is 5.52. The van der Waals surface area contributed by atoms with Crippen molar-refractivity contribution < 1.29 is 9.53 Å². The highest BCUT2D eigenvalue weighted by Gasteiger charge is 2.15. The van der Waals surface area contributed by atoms with Gasteiger partial charge < -0.3 is 4.74 Å². The predicted octanol–water partition coefficient (Wildman–Crippen LogP) is 3.53. The van der Waals surface area contributed by atoms with Gasteiger partial charge in [0.1, 0.15) is 10.6 Å². The Morgan fingerprint density at radius 2 is 2.05 bits per heavy atom. The van der Waals surface area contributed by atoms with Crippen molar-refractivity contribution in [3.63, 3.8) is 0 Å². The van der Waals surface area contributed by atoms with Gasteiger partial charge in [-0.05, 0) is 23.6 Å². The SMILES string of the molecule is COc1ccsc1C(=O)Nc1nc(-c2ccncc2)cs1. The number of rotatable bonds is 4. The third-order valence-corrected chi connectivity index (χ3v) is 4.41. The number of hydrogen-bond donors (Lipinski definition) is 1. The first-order chi connectivity index (χ1) is 10.3. The monoisotopic (exact) mass is 317 g/mol. The molecule has 5 nitrogen and oxygen atoms in total. The van der Waals surface area contributed by atoms with Crippen molar-refractivity contribution in [1.29, 1.82) is 0 Å². The molecule has 0 aliphatic heterocycles. The van der Waals surface area contributed by atoms with Gasteiger partial charge in [0.15, 0.2) is 5.13 Å². The van der Waals surface area contributed by atoms with E-state index in [1.54, 1.807) is 25.6 Å². The van der Waals surface area contributed by atoms with E-state index in [4.69, 9.17) is 4.74 Å². The molecule has 0 aromatic carbocycles. The lowest BCUT2D eigenvalue weighted by molar-refractivity contribution is 0.102. The Hall–Kier alpha value is -2.25. The fourth-order valence-electron chi connectivity index (χ4n) is 1.76. The topological polar surface area (TPSA) is 64.1 Å². The Balaban J connectivity index is 1.77. The van der Waals surface area contributed by atoms with E-state index in [-0.39, 0.29) is 5.91 Å². The normalized spacial score (nSPS) is 10.3. The summed E-state index contributed by atoms with van der Waals surface area (Å²) < 4.78 is 5.14. The second-order valence-corrected chi connectivity index (χ2v) is 5.82. The van der Waals surface area contributed by atoms with Gasteiger partial charge in [0.25, 0.3) is 5.91 Å². The molecule has 0 unspecified atom stereocenters.